The Hall–Kier alpha value is -2.05. The van der Waals surface area contributed by atoms with E-state index in [9.17, 15) is 14.7 Å². The SMILES string of the molecule is Cc1cc(Cl)ccc1OCCCC(=O)Nc1sc2c(c1C(=O)O)CCC(C)C2. The zero-order valence-electron chi connectivity index (χ0n) is 16.0. The fourth-order valence-corrected chi connectivity index (χ4v) is 5.09. The summed E-state index contributed by atoms with van der Waals surface area (Å²) in [5, 5.41) is 13.5. The average molecular weight is 422 g/mol. The second-order valence-corrected chi connectivity index (χ2v) is 8.81. The van der Waals surface area contributed by atoms with Crippen molar-refractivity contribution in [3.05, 3.63) is 44.8 Å². The van der Waals surface area contributed by atoms with E-state index in [-0.39, 0.29) is 17.9 Å². The summed E-state index contributed by atoms with van der Waals surface area (Å²) >= 11 is 7.33. The Balaban J connectivity index is 1.55. The van der Waals surface area contributed by atoms with E-state index in [4.69, 9.17) is 16.3 Å². The number of benzene rings is 1. The number of rotatable bonds is 7. The molecular formula is C21H24ClNO4S. The summed E-state index contributed by atoms with van der Waals surface area (Å²) in [6.45, 7) is 4.49. The number of carbonyl (C=O) groups is 2. The van der Waals surface area contributed by atoms with E-state index in [2.05, 4.69) is 12.2 Å². The first-order chi connectivity index (χ1) is 13.3. The van der Waals surface area contributed by atoms with Gasteiger partial charge in [0.05, 0.1) is 12.2 Å². The van der Waals surface area contributed by atoms with Gasteiger partial charge in [-0.3, -0.25) is 4.79 Å². The highest BCUT2D eigenvalue weighted by atomic mass is 35.5. The van der Waals surface area contributed by atoms with Gasteiger partial charge in [0.25, 0.3) is 0 Å². The molecular weight excluding hydrogens is 398 g/mol. The number of nitrogens with one attached hydrogen (secondary N) is 1. The van der Waals surface area contributed by atoms with Crippen molar-refractivity contribution in [1.82, 2.24) is 0 Å². The van der Waals surface area contributed by atoms with Crippen molar-refractivity contribution in [2.24, 2.45) is 5.92 Å². The predicted molar refractivity (Wildman–Crippen MR) is 112 cm³/mol. The number of carbonyl (C=O) groups excluding carboxylic acids is 1. The molecule has 2 aromatic rings. The van der Waals surface area contributed by atoms with E-state index in [1.807, 2.05) is 19.1 Å². The highest BCUT2D eigenvalue weighted by molar-refractivity contribution is 7.17. The second kappa shape index (κ2) is 8.97. The second-order valence-electron chi connectivity index (χ2n) is 7.27. The van der Waals surface area contributed by atoms with Gasteiger partial charge in [0, 0.05) is 16.3 Å². The van der Waals surface area contributed by atoms with Crippen LogP contribution in [0, 0.1) is 12.8 Å². The lowest BCUT2D eigenvalue weighted by Gasteiger charge is -2.17. The number of hydrogen-bond acceptors (Lipinski definition) is 4. The summed E-state index contributed by atoms with van der Waals surface area (Å²) in [4.78, 5) is 25.1. The van der Waals surface area contributed by atoms with Gasteiger partial charge in [0.1, 0.15) is 10.8 Å². The largest absolute Gasteiger partial charge is 0.493 e. The molecule has 1 aliphatic carbocycles. The van der Waals surface area contributed by atoms with Crippen LogP contribution in [0.15, 0.2) is 18.2 Å². The lowest BCUT2D eigenvalue weighted by molar-refractivity contribution is -0.116. The third-order valence-electron chi connectivity index (χ3n) is 4.92. The van der Waals surface area contributed by atoms with Crippen LogP contribution in [-0.4, -0.2) is 23.6 Å². The van der Waals surface area contributed by atoms with Crippen LogP contribution in [0.3, 0.4) is 0 Å². The number of fused-ring (bicyclic) bond motifs is 1. The fraction of sp³-hybridized carbons (Fsp3) is 0.429. The molecule has 1 aliphatic rings. The van der Waals surface area contributed by atoms with Crippen LogP contribution < -0.4 is 10.1 Å². The first kappa shape index (κ1) is 20.7. The summed E-state index contributed by atoms with van der Waals surface area (Å²) < 4.78 is 5.70. The Bertz CT molecular complexity index is 893. The van der Waals surface area contributed by atoms with E-state index >= 15 is 0 Å². The Morgan fingerprint density at radius 2 is 2.18 bits per heavy atom. The molecule has 5 nitrogen and oxygen atoms in total. The molecule has 7 heteroatoms. The van der Waals surface area contributed by atoms with E-state index in [0.29, 0.717) is 29.0 Å². The van der Waals surface area contributed by atoms with Crippen molar-refractivity contribution >= 4 is 39.8 Å². The molecule has 1 aromatic heterocycles. The first-order valence-electron chi connectivity index (χ1n) is 9.41. The summed E-state index contributed by atoms with van der Waals surface area (Å²) in [6, 6.07) is 5.41. The summed E-state index contributed by atoms with van der Waals surface area (Å²) in [5.41, 5.74) is 2.11. The minimum atomic E-state index is -0.969. The maximum absolute atomic E-state index is 12.3. The standard InChI is InChI=1S/C21H24ClNO4S/c1-12-5-7-15-17(10-12)28-20(19(15)21(25)26)23-18(24)4-3-9-27-16-8-6-14(22)11-13(16)2/h6,8,11-12H,3-5,7,9-10H2,1-2H3,(H,23,24)(H,25,26). The number of amides is 1. The molecule has 0 bridgehead atoms. The number of aryl methyl sites for hydroxylation is 1. The minimum absolute atomic E-state index is 0.189. The van der Waals surface area contributed by atoms with Crippen molar-refractivity contribution < 1.29 is 19.4 Å². The van der Waals surface area contributed by atoms with Gasteiger partial charge >= 0.3 is 5.97 Å². The van der Waals surface area contributed by atoms with Gasteiger partial charge in [0.2, 0.25) is 5.91 Å². The summed E-state index contributed by atoms with van der Waals surface area (Å²) in [6.07, 6.45) is 3.44. The molecule has 0 saturated carbocycles. The zero-order chi connectivity index (χ0) is 20.3. The normalized spacial score (nSPS) is 15.8. The Labute approximate surface area is 173 Å². The molecule has 28 heavy (non-hydrogen) atoms. The van der Waals surface area contributed by atoms with Crippen LogP contribution in [-0.2, 0) is 17.6 Å². The molecule has 0 spiro atoms. The fourth-order valence-electron chi connectivity index (χ4n) is 3.44. The van der Waals surface area contributed by atoms with Crippen molar-refractivity contribution in [2.75, 3.05) is 11.9 Å². The maximum Gasteiger partial charge on any atom is 0.339 e. The first-order valence-corrected chi connectivity index (χ1v) is 10.6. The number of ether oxygens (including phenoxy) is 1. The maximum atomic E-state index is 12.3. The average Bonchev–Trinajstić information content (AvgIpc) is 2.97. The molecule has 1 aromatic carbocycles. The van der Waals surface area contributed by atoms with Gasteiger partial charge in [-0.15, -0.1) is 11.3 Å². The highest BCUT2D eigenvalue weighted by Gasteiger charge is 2.28. The van der Waals surface area contributed by atoms with Crippen LogP contribution in [0.1, 0.15) is 52.5 Å². The Kier molecular flexibility index (Phi) is 6.62. The zero-order valence-corrected chi connectivity index (χ0v) is 17.6. The number of hydrogen-bond donors (Lipinski definition) is 2. The third-order valence-corrected chi connectivity index (χ3v) is 6.33. The van der Waals surface area contributed by atoms with E-state index in [0.717, 1.165) is 41.0 Å². The van der Waals surface area contributed by atoms with Crippen LogP contribution in [0.2, 0.25) is 5.02 Å². The van der Waals surface area contributed by atoms with Gasteiger partial charge in [0.15, 0.2) is 0 Å². The van der Waals surface area contributed by atoms with Gasteiger partial charge in [-0.1, -0.05) is 18.5 Å². The van der Waals surface area contributed by atoms with Crippen LogP contribution in [0.4, 0.5) is 5.00 Å². The summed E-state index contributed by atoms with van der Waals surface area (Å²) in [5.74, 6) is 0.136. The molecule has 0 radical (unpaired) electrons. The number of halogens is 1. The van der Waals surface area contributed by atoms with Gasteiger partial charge in [-0.25, -0.2) is 4.79 Å². The molecule has 1 amide bonds. The minimum Gasteiger partial charge on any atom is -0.493 e. The van der Waals surface area contributed by atoms with Gasteiger partial charge in [-0.05, 0) is 67.9 Å². The smallest absolute Gasteiger partial charge is 0.339 e. The van der Waals surface area contributed by atoms with E-state index < -0.39 is 5.97 Å². The molecule has 2 N–H and O–H groups in total. The molecule has 0 saturated heterocycles. The summed E-state index contributed by atoms with van der Waals surface area (Å²) in [7, 11) is 0. The molecule has 1 heterocycles. The van der Waals surface area contributed by atoms with Crippen molar-refractivity contribution in [3.63, 3.8) is 0 Å². The number of anilines is 1. The molecule has 1 atom stereocenters. The number of carboxylic acids is 1. The number of thiophene rings is 1. The monoisotopic (exact) mass is 421 g/mol. The van der Waals surface area contributed by atoms with Crippen LogP contribution >= 0.6 is 22.9 Å². The Morgan fingerprint density at radius 1 is 1.39 bits per heavy atom. The van der Waals surface area contributed by atoms with Crippen LogP contribution in [0.25, 0.3) is 0 Å². The van der Waals surface area contributed by atoms with E-state index in [1.54, 1.807) is 6.07 Å². The molecule has 3 rings (SSSR count). The van der Waals surface area contributed by atoms with Crippen molar-refractivity contribution in [1.29, 1.82) is 0 Å². The quantitative estimate of drug-likeness (QED) is 0.592. The molecule has 0 aliphatic heterocycles. The molecule has 1 unspecified atom stereocenters. The number of carboxylic acid groups (broad SMARTS) is 1. The topological polar surface area (TPSA) is 75.6 Å². The van der Waals surface area contributed by atoms with Crippen molar-refractivity contribution in [3.8, 4) is 5.75 Å². The molecule has 0 fully saturated rings. The number of aromatic carboxylic acids is 1. The molecule has 150 valence electrons. The predicted octanol–water partition coefficient (Wildman–Crippen LogP) is 5.33. The highest BCUT2D eigenvalue weighted by Crippen LogP contribution is 2.39. The lowest BCUT2D eigenvalue weighted by atomic mass is 9.88. The lowest BCUT2D eigenvalue weighted by Crippen LogP contribution is -2.15. The van der Waals surface area contributed by atoms with Gasteiger partial charge in [-0.2, -0.15) is 0 Å². The van der Waals surface area contributed by atoms with Gasteiger partial charge < -0.3 is 15.2 Å². The van der Waals surface area contributed by atoms with E-state index in [1.165, 1.54) is 11.3 Å². The van der Waals surface area contributed by atoms with Crippen LogP contribution in [0.5, 0.6) is 5.75 Å². The Morgan fingerprint density at radius 3 is 2.89 bits per heavy atom. The van der Waals surface area contributed by atoms with Crippen molar-refractivity contribution in [2.45, 2.75) is 46.0 Å². The third kappa shape index (κ3) is 4.86.